The van der Waals surface area contributed by atoms with Crippen molar-refractivity contribution < 1.29 is 18.0 Å². The van der Waals surface area contributed by atoms with Gasteiger partial charge >= 0.3 is 0 Å². The van der Waals surface area contributed by atoms with Gasteiger partial charge in [-0.05, 0) is 53.6 Å². The Labute approximate surface area is 224 Å². The Balaban J connectivity index is 1.23. The zero-order chi connectivity index (χ0) is 26.5. The summed E-state index contributed by atoms with van der Waals surface area (Å²) in [7, 11) is -3.87. The van der Waals surface area contributed by atoms with E-state index in [2.05, 4.69) is 20.0 Å². The third kappa shape index (κ3) is 5.84. The molecular weight excluding hydrogens is 522 g/mol. The van der Waals surface area contributed by atoms with Crippen LogP contribution in [0.4, 0.5) is 11.6 Å². The second-order valence-corrected chi connectivity index (χ2v) is 11.2. The predicted octanol–water partition coefficient (Wildman–Crippen LogP) is 4.30. The van der Waals surface area contributed by atoms with Crippen LogP contribution >= 0.6 is 11.8 Å². The van der Waals surface area contributed by atoms with Gasteiger partial charge in [0.25, 0.3) is 15.9 Å². The second-order valence-electron chi connectivity index (χ2n) is 8.45. The van der Waals surface area contributed by atoms with Gasteiger partial charge in [0.15, 0.2) is 0 Å². The van der Waals surface area contributed by atoms with Crippen molar-refractivity contribution in [2.24, 2.45) is 0 Å². The lowest BCUT2D eigenvalue weighted by molar-refractivity contribution is -0.128. The van der Waals surface area contributed by atoms with Crippen LogP contribution in [-0.2, 0) is 21.4 Å². The van der Waals surface area contributed by atoms with Gasteiger partial charge in [0.05, 0.1) is 10.6 Å². The zero-order valence-corrected chi connectivity index (χ0v) is 21.7. The normalized spacial score (nSPS) is 15.3. The van der Waals surface area contributed by atoms with Crippen molar-refractivity contribution >= 4 is 45.2 Å². The molecule has 1 saturated heterocycles. The molecule has 1 aromatic heterocycles. The number of rotatable bonds is 8. The first-order chi connectivity index (χ1) is 18.4. The largest absolute Gasteiger partial charge is 0.322 e. The molecule has 2 heterocycles. The van der Waals surface area contributed by atoms with Crippen molar-refractivity contribution in [1.29, 1.82) is 0 Å². The highest BCUT2D eigenvalue weighted by Crippen LogP contribution is 2.39. The van der Waals surface area contributed by atoms with Crippen LogP contribution in [0.2, 0.25) is 0 Å². The van der Waals surface area contributed by atoms with Crippen LogP contribution in [0.25, 0.3) is 0 Å². The highest BCUT2D eigenvalue weighted by atomic mass is 32.2. The lowest BCUT2D eigenvalue weighted by atomic mass is 10.1. The molecule has 192 valence electrons. The molecule has 1 fully saturated rings. The molecule has 0 radical (unpaired) electrons. The molecule has 11 heteroatoms. The topological polar surface area (TPSA) is 121 Å². The molecule has 9 nitrogen and oxygen atoms in total. The predicted molar refractivity (Wildman–Crippen MR) is 146 cm³/mol. The summed E-state index contributed by atoms with van der Waals surface area (Å²) >= 11 is 1.57. The number of nitrogens with zero attached hydrogens (tertiary/aromatic N) is 3. The molecule has 3 aromatic carbocycles. The molecular formula is C27H23N5O4S2. The van der Waals surface area contributed by atoms with E-state index >= 15 is 0 Å². The van der Waals surface area contributed by atoms with Crippen molar-refractivity contribution in [2.45, 2.75) is 16.8 Å². The minimum atomic E-state index is -3.87. The molecule has 2 amide bonds. The fraction of sp³-hybridized carbons (Fsp3) is 0.111. The van der Waals surface area contributed by atoms with Crippen molar-refractivity contribution in [1.82, 2.24) is 14.9 Å². The maximum absolute atomic E-state index is 12.8. The van der Waals surface area contributed by atoms with Crippen molar-refractivity contribution in [3.8, 4) is 0 Å². The maximum Gasteiger partial charge on any atom is 0.264 e. The van der Waals surface area contributed by atoms with Gasteiger partial charge in [0, 0.05) is 30.2 Å². The van der Waals surface area contributed by atoms with Gasteiger partial charge in [-0.25, -0.2) is 23.1 Å². The van der Waals surface area contributed by atoms with Gasteiger partial charge < -0.3 is 10.2 Å². The third-order valence-corrected chi connectivity index (χ3v) is 8.44. The van der Waals surface area contributed by atoms with E-state index < -0.39 is 10.0 Å². The highest BCUT2D eigenvalue weighted by molar-refractivity contribution is 8.00. The first-order valence-electron chi connectivity index (χ1n) is 11.7. The summed E-state index contributed by atoms with van der Waals surface area (Å²) < 4.78 is 27.4. The molecule has 38 heavy (non-hydrogen) atoms. The first-order valence-corrected chi connectivity index (χ1v) is 14.2. The first kappa shape index (κ1) is 25.4. The molecule has 0 spiro atoms. The number of hydrogen-bond donors (Lipinski definition) is 2. The summed E-state index contributed by atoms with van der Waals surface area (Å²) in [6, 6.07) is 24.4. The SMILES string of the molecule is O=C(Nc1ccc(S(=O)(=O)Nc2ncccn2)cc1)c1ccc([C@@H]2SCC(=O)N2Cc2ccccc2)cc1. The van der Waals surface area contributed by atoms with E-state index in [-0.39, 0.29) is 28.0 Å². The molecule has 5 rings (SSSR count). The number of nitrogens with one attached hydrogen (secondary N) is 2. The fourth-order valence-corrected chi connectivity index (χ4v) is 6.08. The Bertz CT molecular complexity index is 1530. The van der Waals surface area contributed by atoms with Gasteiger partial charge in [-0.2, -0.15) is 0 Å². The van der Waals surface area contributed by atoms with E-state index in [1.165, 1.54) is 36.7 Å². The van der Waals surface area contributed by atoms with Crippen LogP contribution in [0.1, 0.15) is 26.9 Å². The second kappa shape index (κ2) is 11.0. The van der Waals surface area contributed by atoms with E-state index in [1.807, 2.05) is 47.4 Å². The summed E-state index contributed by atoms with van der Waals surface area (Å²) in [5.74, 6) is 0.137. The van der Waals surface area contributed by atoms with Crippen molar-refractivity contribution in [2.75, 3.05) is 15.8 Å². The van der Waals surface area contributed by atoms with Crippen LogP contribution in [-0.4, -0.2) is 40.9 Å². The van der Waals surface area contributed by atoms with Gasteiger partial charge in [-0.1, -0.05) is 42.5 Å². The molecule has 1 aliphatic rings. The van der Waals surface area contributed by atoms with E-state index in [1.54, 1.807) is 30.0 Å². The van der Waals surface area contributed by atoms with E-state index in [4.69, 9.17) is 0 Å². The quantitative estimate of drug-likeness (QED) is 0.339. The lowest BCUT2D eigenvalue weighted by Gasteiger charge is -2.24. The number of thioether (sulfide) groups is 1. The molecule has 1 atom stereocenters. The molecule has 0 bridgehead atoms. The summed E-state index contributed by atoms with van der Waals surface area (Å²) in [6.07, 6.45) is 2.87. The summed E-state index contributed by atoms with van der Waals surface area (Å²) in [6.45, 7) is 0.527. The minimum absolute atomic E-state index is 0.0102. The standard InChI is InChI=1S/C27H23N5O4S2/c33-24-18-37-26(32(24)17-19-5-2-1-3-6-19)21-9-7-20(8-10-21)25(34)30-22-11-13-23(14-12-22)38(35,36)31-27-28-15-4-16-29-27/h1-16,26H,17-18H2,(H,30,34)(H,28,29,31)/t26-/m0/s1. The molecule has 0 aliphatic carbocycles. The Hall–Kier alpha value is -4.22. The number of carbonyl (C=O) groups is 2. The van der Waals surface area contributed by atoms with Gasteiger partial charge in [-0.3, -0.25) is 9.59 Å². The number of carbonyl (C=O) groups excluding carboxylic acids is 2. The number of anilines is 2. The summed E-state index contributed by atoms with van der Waals surface area (Å²) in [5, 5.41) is 2.65. The Morgan fingerprint density at radius 2 is 1.61 bits per heavy atom. The number of sulfonamides is 1. The highest BCUT2D eigenvalue weighted by Gasteiger charge is 2.32. The Morgan fingerprint density at radius 3 is 2.29 bits per heavy atom. The average molecular weight is 546 g/mol. The van der Waals surface area contributed by atoms with Crippen LogP contribution in [0.5, 0.6) is 0 Å². The van der Waals surface area contributed by atoms with E-state index in [0.717, 1.165) is 11.1 Å². The van der Waals surface area contributed by atoms with Gasteiger partial charge in [0.1, 0.15) is 5.37 Å². The number of benzene rings is 3. The van der Waals surface area contributed by atoms with Gasteiger partial charge in [0.2, 0.25) is 11.9 Å². The van der Waals surface area contributed by atoms with E-state index in [0.29, 0.717) is 23.5 Å². The van der Waals surface area contributed by atoms with Crippen LogP contribution in [0.3, 0.4) is 0 Å². The lowest BCUT2D eigenvalue weighted by Crippen LogP contribution is -2.27. The van der Waals surface area contributed by atoms with Crippen LogP contribution in [0.15, 0.2) is 102 Å². The molecule has 4 aromatic rings. The summed E-state index contributed by atoms with van der Waals surface area (Å²) in [5.41, 5.74) is 2.89. The zero-order valence-electron chi connectivity index (χ0n) is 20.0. The molecule has 0 saturated carbocycles. The molecule has 2 N–H and O–H groups in total. The van der Waals surface area contributed by atoms with E-state index in [9.17, 15) is 18.0 Å². The van der Waals surface area contributed by atoms with Gasteiger partial charge in [-0.15, -0.1) is 11.8 Å². The van der Waals surface area contributed by atoms with Crippen LogP contribution < -0.4 is 10.0 Å². The summed E-state index contributed by atoms with van der Waals surface area (Å²) in [4.78, 5) is 34.9. The third-order valence-electron chi connectivity index (χ3n) is 5.84. The monoisotopic (exact) mass is 545 g/mol. The minimum Gasteiger partial charge on any atom is -0.322 e. The number of aromatic nitrogens is 2. The van der Waals surface area contributed by atoms with Crippen molar-refractivity contribution in [3.63, 3.8) is 0 Å². The number of amides is 2. The smallest absolute Gasteiger partial charge is 0.264 e. The maximum atomic E-state index is 12.8. The number of hydrogen-bond acceptors (Lipinski definition) is 7. The fourth-order valence-electron chi connectivity index (χ4n) is 3.93. The Kier molecular flexibility index (Phi) is 7.38. The molecule has 1 aliphatic heterocycles. The van der Waals surface area contributed by atoms with Crippen molar-refractivity contribution in [3.05, 3.63) is 114 Å². The Morgan fingerprint density at radius 1 is 0.921 bits per heavy atom. The average Bonchev–Trinajstić information content (AvgIpc) is 3.29. The van der Waals surface area contributed by atoms with Crippen LogP contribution in [0, 0.1) is 0 Å². The molecule has 0 unspecified atom stereocenters.